The second-order valence-corrected chi connectivity index (χ2v) is 5.17. The molecule has 1 saturated heterocycles. The first-order valence-electron chi connectivity index (χ1n) is 6.56. The highest BCUT2D eigenvalue weighted by Gasteiger charge is 2.31. The largest absolute Gasteiger partial charge is 0.478 e. The third-order valence-electron chi connectivity index (χ3n) is 3.56. The Bertz CT molecular complexity index is 533. The molecular weight excluding hydrogens is 280 g/mol. The third-order valence-corrected chi connectivity index (χ3v) is 3.86. The summed E-state index contributed by atoms with van der Waals surface area (Å²) < 4.78 is 0. The number of anilines is 1. The lowest BCUT2D eigenvalue weighted by Crippen LogP contribution is -2.49. The average Bonchev–Trinajstić information content (AvgIpc) is 2.46. The van der Waals surface area contributed by atoms with Crippen molar-refractivity contribution in [1.29, 1.82) is 0 Å². The fourth-order valence-electron chi connectivity index (χ4n) is 2.62. The molecule has 1 aliphatic heterocycles. The normalized spacial score (nSPS) is 18.7. The molecule has 108 valence electrons. The molecule has 1 atom stereocenters. The zero-order valence-corrected chi connectivity index (χ0v) is 12.0. The number of carbonyl (C=O) groups excluding carboxylic acids is 1. The Morgan fingerprint density at radius 2 is 2.15 bits per heavy atom. The highest BCUT2D eigenvalue weighted by Crippen LogP contribution is 2.34. The van der Waals surface area contributed by atoms with Crippen LogP contribution in [-0.2, 0) is 4.79 Å². The van der Waals surface area contributed by atoms with E-state index in [4.69, 9.17) is 11.6 Å². The van der Waals surface area contributed by atoms with Gasteiger partial charge in [-0.15, -0.1) is 0 Å². The Kier molecular flexibility index (Phi) is 4.49. The molecule has 1 heterocycles. The van der Waals surface area contributed by atoms with Gasteiger partial charge in [0.15, 0.2) is 0 Å². The van der Waals surface area contributed by atoms with Crippen LogP contribution in [0.1, 0.15) is 29.6 Å². The van der Waals surface area contributed by atoms with Gasteiger partial charge in [-0.25, -0.2) is 4.79 Å². The van der Waals surface area contributed by atoms with E-state index in [-0.39, 0.29) is 17.5 Å². The van der Waals surface area contributed by atoms with Gasteiger partial charge in [0, 0.05) is 13.6 Å². The average molecular weight is 297 g/mol. The van der Waals surface area contributed by atoms with E-state index >= 15 is 0 Å². The zero-order chi connectivity index (χ0) is 14.7. The number of nitrogens with one attached hydrogen (secondary N) is 1. The van der Waals surface area contributed by atoms with E-state index in [9.17, 15) is 14.7 Å². The maximum atomic E-state index is 12.0. The minimum Gasteiger partial charge on any atom is -0.478 e. The second-order valence-electron chi connectivity index (χ2n) is 4.76. The number of piperidine rings is 1. The summed E-state index contributed by atoms with van der Waals surface area (Å²) in [6.07, 6.45) is 2.56. The molecule has 1 amide bonds. The van der Waals surface area contributed by atoms with Gasteiger partial charge in [0.25, 0.3) is 0 Å². The number of halogens is 1. The number of hydrogen-bond donors (Lipinski definition) is 2. The molecule has 0 aliphatic carbocycles. The molecule has 0 spiro atoms. The molecule has 2 N–H and O–H groups in total. The lowest BCUT2D eigenvalue weighted by molar-refractivity contribution is -0.122. The van der Waals surface area contributed by atoms with Crippen LogP contribution >= 0.6 is 11.6 Å². The Morgan fingerprint density at radius 1 is 1.40 bits per heavy atom. The summed E-state index contributed by atoms with van der Waals surface area (Å²) in [7, 11) is 1.58. The van der Waals surface area contributed by atoms with Crippen LogP contribution in [0.2, 0.25) is 5.02 Å². The van der Waals surface area contributed by atoms with Crippen LogP contribution in [0.5, 0.6) is 0 Å². The fraction of sp³-hybridized carbons (Fsp3) is 0.429. The molecule has 5 nitrogen and oxygen atoms in total. The van der Waals surface area contributed by atoms with Crippen molar-refractivity contribution in [3.05, 3.63) is 28.8 Å². The van der Waals surface area contributed by atoms with Crippen molar-refractivity contribution in [2.75, 3.05) is 18.5 Å². The smallest absolute Gasteiger partial charge is 0.337 e. The summed E-state index contributed by atoms with van der Waals surface area (Å²) >= 11 is 6.18. The maximum absolute atomic E-state index is 12.0. The number of carbonyl (C=O) groups is 2. The monoisotopic (exact) mass is 296 g/mol. The highest BCUT2D eigenvalue weighted by molar-refractivity contribution is 6.34. The van der Waals surface area contributed by atoms with Gasteiger partial charge in [-0.3, -0.25) is 4.79 Å². The van der Waals surface area contributed by atoms with Crippen molar-refractivity contribution >= 4 is 29.2 Å². The van der Waals surface area contributed by atoms with Gasteiger partial charge < -0.3 is 15.3 Å². The maximum Gasteiger partial charge on any atom is 0.337 e. The quantitative estimate of drug-likeness (QED) is 0.896. The number of carboxylic acid groups (broad SMARTS) is 1. The minimum absolute atomic E-state index is 0.110. The topological polar surface area (TPSA) is 69.6 Å². The molecule has 0 bridgehead atoms. The highest BCUT2D eigenvalue weighted by atomic mass is 35.5. The van der Waals surface area contributed by atoms with Crippen LogP contribution in [0.4, 0.5) is 5.69 Å². The summed E-state index contributed by atoms with van der Waals surface area (Å²) in [5, 5.41) is 12.3. The fourth-order valence-corrected chi connectivity index (χ4v) is 2.90. The number of hydrogen-bond acceptors (Lipinski definition) is 3. The number of nitrogens with zero attached hydrogens (tertiary/aromatic N) is 1. The van der Waals surface area contributed by atoms with E-state index in [1.165, 1.54) is 6.07 Å². The molecule has 20 heavy (non-hydrogen) atoms. The molecule has 2 rings (SSSR count). The Morgan fingerprint density at radius 3 is 2.80 bits per heavy atom. The van der Waals surface area contributed by atoms with Crippen LogP contribution in [0.15, 0.2) is 18.2 Å². The summed E-state index contributed by atoms with van der Waals surface area (Å²) in [5.74, 6) is -1.15. The minimum atomic E-state index is -1.04. The van der Waals surface area contributed by atoms with Crippen LogP contribution in [-0.4, -0.2) is 36.6 Å². The van der Waals surface area contributed by atoms with Gasteiger partial charge in [0.1, 0.15) is 6.04 Å². The van der Waals surface area contributed by atoms with E-state index < -0.39 is 5.97 Å². The van der Waals surface area contributed by atoms with Crippen LogP contribution < -0.4 is 10.2 Å². The van der Waals surface area contributed by atoms with E-state index in [0.29, 0.717) is 23.7 Å². The van der Waals surface area contributed by atoms with Gasteiger partial charge in [-0.2, -0.15) is 0 Å². The predicted octanol–water partition coefficient (Wildman–Crippen LogP) is 2.14. The summed E-state index contributed by atoms with van der Waals surface area (Å²) in [6, 6.07) is 4.40. The van der Waals surface area contributed by atoms with E-state index in [1.807, 2.05) is 4.90 Å². The molecule has 0 aromatic heterocycles. The number of likely N-dealkylation sites (N-methyl/N-ethyl adjacent to an activating group) is 1. The number of rotatable bonds is 3. The van der Waals surface area contributed by atoms with Gasteiger partial charge in [0.2, 0.25) is 5.91 Å². The number of benzene rings is 1. The first-order valence-corrected chi connectivity index (χ1v) is 6.94. The van der Waals surface area contributed by atoms with Gasteiger partial charge in [-0.1, -0.05) is 17.7 Å². The first-order chi connectivity index (χ1) is 9.56. The SMILES string of the molecule is CNC(=O)C1CCCCN1c1c(Cl)cccc1C(=O)O. The summed E-state index contributed by atoms with van der Waals surface area (Å²) in [5.41, 5.74) is 0.572. The number of aromatic carboxylic acids is 1. The van der Waals surface area contributed by atoms with Gasteiger partial charge in [-0.05, 0) is 31.4 Å². The van der Waals surface area contributed by atoms with Gasteiger partial charge in [0.05, 0.1) is 16.3 Å². The van der Waals surface area contributed by atoms with Crippen molar-refractivity contribution in [2.45, 2.75) is 25.3 Å². The second kappa shape index (κ2) is 6.13. The lowest BCUT2D eigenvalue weighted by Gasteiger charge is -2.37. The molecule has 0 saturated carbocycles. The molecule has 1 fully saturated rings. The molecule has 1 aromatic rings. The molecule has 1 unspecified atom stereocenters. The molecule has 1 aliphatic rings. The summed E-state index contributed by atoms with van der Waals surface area (Å²) in [6.45, 7) is 0.627. The van der Waals surface area contributed by atoms with E-state index in [2.05, 4.69) is 5.32 Å². The lowest BCUT2D eigenvalue weighted by atomic mass is 9.99. The van der Waals surface area contributed by atoms with Crippen LogP contribution in [0, 0.1) is 0 Å². The van der Waals surface area contributed by atoms with E-state index in [1.54, 1.807) is 19.2 Å². The first kappa shape index (κ1) is 14.7. The van der Waals surface area contributed by atoms with Crippen LogP contribution in [0.25, 0.3) is 0 Å². The van der Waals surface area contributed by atoms with Crippen molar-refractivity contribution < 1.29 is 14.7 Å². The van der Waals surface area contributed by atoms with Crippen molar-refractivity contribution in [2.24, 2.45) is 0 Å². The third kappa shape index (κ3) is 2.72. The zero-order valence-electron chi connectivity index (χ0n) is 11.2. The Balaban J connectivity index is 2.47. The summed E-state index contributed by atoms with van der Waals surface area (Å²) in [4.78, 5) is 25.2. The van der Waals surface area contributed by atoms with E-state index in [0.717, 1.165) is 12.8 Å². The number of carboxylic acids is 1. The molecular formula is C14H17ClN2O3. The number of para-hydroxylation sites is 1. The molecule has 0 radical (unpaired) electrons. The van der Waals surface area contributed by atoms with Crippen molar-refractivity contribution in [1.82, 2.24) is 5.32 Å². The van der Waals surface area contributed by atoms with Gasteiger partial charge >= 0.3 is 5.97 Å². The molecule has 6 heteroatoms. The predicted molar refractivity (Wildman–Crippen MR) is 77.5 cm³/mol. The number of amides is 1. The standard InChI is InChI=1S/C14H17ClN2O3/c1-16-13(18)11-7-2-3-8-17(11)12-9(14(19)20)5-4-6-10(12)15/h4-6,11H,2-3,7-8H2,1H3,(H,16,18)(H,19,20). The molecule has 1 aromatic carbocycles. The van der Waals surface area contributed by atoms with Crippen LogP contribution in [0.3, 0.4) is 0 Å². The Hall–Kier alpha value is -1.75. The van der Waals surface area contributed by atoms with Crippen molar-refractivity contribution in [3.63, 3.8) is 0 Å². The van der Waals surface area contributed by atoms with Crippen molar-refractivity contribution in [3.8, 4) is 0 Å². The Labute approximate surface area is 122 Å².